The van der Waals surface area contributed by atoms with Gasteiger partial charge in [-0.05, 0) is 12.1 Å². The van der Waals surface area contributed by atoms with Crippen LogP contribution in [0.4, 0.5) is 5.69 Å². The number of hydrogen-bond acceptors (Lipinski definition) is 5. The third-order valence-corrected chi connectivity index (χ3v) is 3.39. The van der Waals surface area contributed by atoms with Crippen LogP contribution in [0, 0.1) is 22.7 Å². The normalized spacial score (nSPS) is 9.44. The van der Waals surface area contributed by atoms with Crippen LogP contribution in [0.15, 0.2) is 28.2 Å². The van der Waals surface area contributed by atoms with E-state index in [0.717, 1.165) is 4.90 Å². The van der Waals surface area contributed by atoms with Crippen molar-refractivity contribution < 1.29 is 0 Å². The van der Waals surface area contributed by atoms with Crippen molar-refractivity contribution in [3.63, 3.8) is 0 Å². The van der Waals surface area contributed by atoms with E-state index in [1.807, 2.05) is 0 Å². The third kappa shape index (κ3) is 3.96. The molecule has 0 saturated heterocycles. The van der Waals surface area contributed by atoms with E-state index in [0.29, 0.717) is 16.0 Å². The van der Waals surface area contributed by atoms with Gasteiger partial charge < -0.3 is 0 Å². The highest BCUT2D eigenvalue weighted by Crippen LogP contribution is 2.36. The molecule has 0 atom stereocenters. The van der Waals surface area contributed by atoms with Crippen LogP contribution in [0.1, 0.15) is 13.8 Å². The Bertz CT molecular complexity index is 524. The SMILES string of the molecule is CC(C)Sc1c(Cl)cccc1NN=C(C#N)C#N. The second kappa shape index (κ2) is 6.90. The Hall–Kier alpha value is -1.69. The summed E-state index contributed by atoms with van der Waals surface area (Å²) in [7, 11) is 0. The quantitative estimate of drug-likeness (QED) is 0.518. The number of benzene rings is 1. The zero-order valence-electron chi connectivity index (χ0n) is 9.94. The number of thioether (sulfide) groups is 1. The fourth-order valence-electron chi connectivity index (χ4n) is 1.14. The lowest BCUT2D eigenvalue weighted by Gasteiger charge is -2.12. The van der Waals surface area contributed by atoms with E-state index in [2.05, 4.69) is 24.4 Å². The average Bonchev–Trinajstić information content (AvgIpc) is 2.34. The lowest BCUT2D eigenvalue weighted by molar-refractivity contribution is 1.11. The molecule has 0 aliphatic heterocycles. The van der Waals surface area contributed by atoms with E-state index >= 15 is 0 Å². The highest BCUT2D eigenvalue weighted by Gasteiger charge is 2.09. The molecule has 0 radical (unpaired) electrons. The molecule has 0 bridgehead atoms. The second-order valence-electron chi connectivity index (χ2n) is 3.58. The van der Waals surface area contributed by atoms with Crippen LogP contribution in [0.3, 0.4) is 0 Å². The van der Waals surface area contributed by atoms with Crippen molar-refractivity contribution in [1.29, 1.82) is 10.5 Å². The fraction of sp³-hybridized carbons (Fsp3) is 0.250. The summed E-state index contributed by atoms with van der Waals surface area (Å²) in [5.41, 5.74) is 3.16. The van der Waals surface area contributed by atoms with Gasteiger partial charge in [-0.15, -0.1) is 11.8 Å². The van der Waals surface area contributed by atoms with E-state index < -0.39 is 0 Å². The van der Waals surface area contributed by atoms with Gasteiger partial charge in [-0.3, -0.25) is 5.43 Å². The number of nitrogens with zero attached hydrogens (tertiary/aromatic N) is 3. The molecule has 1 rings (SSSR count). The first-order valence-electron chi connectivity index (χ1n) is 5.17. The molecule has 0 unspecified atom stereocenters. The molecule has 4 nitrogen and oxygen atoms in total. The summed E-state index contributed by atoms with van der Waals surface area (Å²) in [4.78, 5) is 0.855. The van der Waals surface area contributed by atoms with E-state index in [4.69, 9.17) is 22.1 Å². The lowest BCUT2D eigenvalue weighted by Crippen LogP contribution is -1.99. The number of nitrogens with one attached hydrogen (secondary N) is 1. The summed E-state index contributed by atoms with van der Waals surface area (Å²) in [5, 5.41) is 21.9. The summed E-state index contributed by atoms with van der Waals surface area (Å²) in [6.45, 7) is 4.11. The molecule has 0 saturated carbocycles. The monoisotopic (exact) mass is 278 g/mol. The van der Waals surface area contributed by atoms with Gasteiger partial charge in [0.05, 0.1) is 15.6 Å². The van der Waals surface area contributed by atoms with Gasteiger partial charge in [0.1, 0.15) is 12.1 Å². The van der Waals surface area contributed by atoms with E-state index in [9.17, 15) is 0 Å². The number of hydrazone groups is 1. The Balaban J connectivity index is 3.03. The van der Waals surface area contributed by atoms with Crippen molar-refractivity contribution in [3.05, 3.63) is 23.2 Å². The van der Waals surface area contributed by atoms with Gasteiger partial charge in [0.2, 0.25) is 5.71 Å². The minimum atomic E-state index is -0.226. The largest absolute Gasteiger partial charge is 0.275 e. The fourth-order valence-corrected chi connectivity index (χ4v) is 2.34. The zero-order chi connectivity index (χ0) is 13.5. The van der Waals surface area contributed by atoms with Gasteiger partial charge in [0, 0.05) is 5.25 Å². The summed E-state index contributed by atoms with van der Waals surface area (Å²) in [6.07, 6.45) is 0. The van der Waals surface area contributed by atoms with Gasteiger partial charge in [0.15, 0.2) is 0 Å². The van der Waals surface area contributed by atoms with E-state index in [1.54, 1.807) is 42.1 Å². The van der Waals surface area contributed by atoms with Gasteiger partial charge in [-0.1, -0.05) is 31.5 Å². The molecule has 18 heavy (non-hydrogen) atoms. The molecule has 1 N–H and O–H groups in total. The van der Waals surface area contributed by atoms with Crippen molar-refractivity contribution in [2.75, 3.05) is 5.43 Å². The van der Waals surface area contributed by atoms with Crippen molar-refractivity contribution in [2.24, 2.45) is 5.10 Å². The van der Waals surface area contributed by atoms with E-state index in [1.165, 1.54) is 0 Å². The Kier molecular flexibility index (Phi) is 5.51. The van der Waals surface area contributed by atoms with Crippen LogP contribution in [-0.2, 0) is 0 Å². The molecule has 0 spiro atoms. The zero-order valence-corrected chi connectivity index (χ0v) is 11.5. The van der Waals surface area contributed by atoms with Crippen molar-refractivity contribution >= 4 is 34.8 Å². The molecule has 0 heterocycles. The van der Waals surface area contributed by atoms with Gasteiger partial charge >= 0.3 is 0 Å². The van der Waals surface area contributed by atoms with Crippen molar-refractivity contribution in [3.8, 4) is 12.1 Å². The number of nitriles is 2. The summed E-state index contributed by atoms with van der Waals surface area (Å²) in [5.74, 6) is 0. The lowest BCUT2D eigenvalue weighted by atomic mass is 10.3. The number of rotatable bonds is 4. The number of halogens is 1. The summed E-state index contributed by atoms with van der Waals surface area (Å²) >= 11 is 7.71. The smallest absolute Gasteiger partial charge is 0.237 e. The molecule has 0 fully saturated rings. The van der Waals surface area contributed by atoms with Crippen LogP contribution in [0.5, 0.6) is 0 Å². The Labute approximate surface area is 115 Å². The molecular formula is C12H11ClN4S. The van der Waals surface area contributed by atoms with Gasteiger partial charge in [0.25, 0.3) is 0 Å². The van der Waals surface area contributed by atoms with Crippen LogP contribution in [0.25, 0.3) is 0 Å². The minimum absolute atomic E-state index is 0.226. The van der Waals surface area contributed by atoms with Crippen LogP contribution in [0.2, 0.25) is 5.02 Å². The summed E-state index contributed by atoms with van der Waals surface area (Å²) in [6, 6.07) is 8.73. The van der Waals surface area contributed by atoms with Gasteiger partial charge in [-0.25, -0.2) is 0 Å². The van der Waals surface area contributed by atoms with Crippen LogP contribution >= 0.6 is 23.4 Å². The maximum Gasteiger partial charge on any atom is 0.237 e. The molecule has 1 aromatic rings. The maximum absolute atomic E-state index is 8.60. The molecule has 0 aliphatic carbocycles. The predicted octanol–water partition coefficient (Wildman–Crippen LogP) is 3.66. The Morgan fingerprint density at radius 3 is 2.61 bits per heavy atom. The highest BCUT2D eigenvalue weighted by molar-refractivity contribution is 8.00. The van der Waals surface area contributed by atoms with Crippen molar-refractivity contribution in [1.82, 2.24) is 0 Å². The Morgan fingerprint density at radius 2 is 2.06 bits per heavy atom. The van der Waals surface area contributed by atoms with Crippen molar-refractivity contribution in [2.45, 2.75) is 24.0 Å². The molecule has 6 heteroatoms. The first-order valence-corrected chi connectivity index (χ1v) is 6.43. The van der Waals surface area contributed by atoms with Crippen LogP contribution < -0.4 is 5.43 Å². The first-order chi connectivity index (χ1) is 8.58. The highest BCUT2D eigenvalue weighted by atomic mass is 35.5. The summed E-state index contributed by atoms with van der Waals surface area (Å²) < 4.78 is 0. The first kappa shape index (κ1) is 14.4. The topological polar surface area (TPSA) is 72.0 Å². The van der Waals surface area contributed by atoms with Gasteiger partial charge in [-0.2, -0.15) is 15.6 Å². The minimum Gasteiger partial charge on any atom is -0.275 e. The maximum atomic E-state index is 8.60. The molecule has 0 aromatic heterocycles. The van der Waals surface area contributed by atoms with Crippen LogP contribution in [-0.4, -0.2) is 11.0 Å². The Morgan fingerprint density at radius 1 is 1.39 bits per heavy atom. The third-order valence-electron chi connectivity index (χ3n) is 1.82. The molecule has 1 aromatic carbocycles. The number of anilines is 1. The standard InChI is InChI=1S/C12H11ClN4S/c1-8(2)18-12-10(13)4-3-5-11(12)17-16-9(6-14)7-15/h3-5,8,17H,1-2H3. The molecule has 0 aliphatic rings. The molecule has 92 valence electrons. The number of hydrogen-bond donors (Lipinski definition) is 1. The molecular weight excluding hydrogens is 268 g/mol. The second-order valence-corrected chi connectivity index (χ2v) is 5.57. The molecule has 0 amide bonds. The van der Waals surface area contributed by atoms with E-state index in [-0.39, 0.29) is 5.71 Å². The predicted molar refractivity (Wildman–Crippen MR) is 74.7 cm³/mol. The average molecular weight is 279 g/mol.